The van der Waals surface area contributed by atoms with Gasteiger partial charge in [-0.1, -0.05) is 12.1 Å². The summed E-state index contributed by atoms with van der Waals surface area (Å²) in [7, 11) is 0. The minimum atomic E-state index is -0.415. The third kappa shape index (κ3) is 3.97. The molecule has 1 heterocycles. The summed E-state index contributed by atoms with van der Waals surface area (Å²) in [6.07, 6.45) is 0.0474. The maximum atomic E-state index is 10.8. The molecule has 1 aliphatic heterocycles. The highest BCUT2D eigenvalue weighted by Gasteiger charge is 2.16. The Kier molecular flexibility index (Phi) is 5.26. The summed E-state index contributed by atoms with van der Waals surface area (Å²) < 4.78 is 11.5. The van der Waals surface area contributed by atoms with Crippen molar-refractivity contribution in [2.24, 2.45) is 0 Å². The van der Waals surface area contributed by atoms with Crippen LogP contribution < -0.4 is 5.32 Å². The Morgan fingerprint density at radius 3 is 3.11 bits per heavy atom. The Morgan fingerprint density at radius 1 is 1.58 bits per heavy atom. The number of nitrogens with one attached hydrogen (secondary N) is 1. The van der Waals surface area contributed by atoms with Gasteiger partial charge in [0.25, 0.3) is 5.69 Å². The molecule has 1 aromatic rings. The fourth-order valence-corrected chi connectivity index (χ4v) is 2.37. The number of nitro groups is 1. The van der Waals surface area contributed by atoms with Crippen LogP contribution in [0.15, 0.2) is 22.7 Å². The van der Waals surface area contributed by atoms with Crippen LogP contribution in [0.4, 0.5) is 5.69 Å². The topological polar surface area (TPSA) is 73.6 Å². The molecule has 0 saturated carbocycles. The van der Waals surface area contributed by atoms with E-state index in [2.05, 4.69) is 21.2 Å². The summed E-state index contributed by atoms with van der Waals surface area (Å²) in [4.78, 5) is 10.4. The fourth-order valence-electron chi connectivity index (χ4n) is 1.85. The highest BCUT2D eigenvalue weighted by atomic mass is 79.9. The first-order chi connectivity index (χ1) is 9.18. The smallest absolute Gasteiger partial charge is 0.283 e. The fraction of sp³-hybridized carbons (Fsp3) is 0.500. The second-order valence-electron chi connectivity index (χ2n) is 4.22. The molecule has 6 nitrogen and oxygen atoms in total. The van der Waals surface area contributed by atoms with Crippen molar-refractivity contribution in [1.82, 2.24) is 5.32 Å². The Morgan fingerprint density at radius 2 is 2.42 bits per heavy atom. The first-order valence-corrected chi connectivity index (χ1v) is 6.79. The van der Waals surface area contributed by atoms with Crippen LogP contribution in [0.2, 0.25) is 0 Å². The van der Waals surface area contributed by atoms with Crippen LogP contribution >= 0.6 is 15.9 Å². The number of hydrogen-bond donors (Lipinski definition) is 1. The number of ether oxygens (including phenoxy) is 2. The molecular weight excluding hydrogens is 316 g/mol. The molecule has 19 heavy (non-hydrogen) atoms. The minimum absolute atomic E-state index is 0.0474. The molecule has 1 aliphatic rings. The molecule has 0 aliphatic carbocycles. The lowest BCUT2D eigenvalue weighted by Crippen LogP contribution is -2.40. The lowest BCUT2D eigenvalue weighted by molar-refractivity contribution is -0.385. The molecule has 1 fully saturated rings. The predicted octanol–water partition coefficient (Wildman–Crippen LogP) is 1.86. The van der Waals surface area contributed by atoms with Gasteiger partial charge in [0.2, 0.25) is 0 Å². The molecule has 1 saturated heterocycles. The Labute approximate surface area is 119 Å². The standard InChI is InChI=1S/C12H15BrN2O4/c13-12-9(2-1-3-11(12)15(16)17)7-18-8-10-6-14-4-5-19-10/h1-3,10,14H,4-8H2. The van der Waals surface area contributed by atoms with Crippen LogP contribution in [0.3, 0.4) is 0 Å². The zero-order valence-electron chi connectivity index (χ0n) is 10.3. The van der Waals surface area contributed by atoms with Gasteiger partial charge in [-0.2, -0.15) is 0 Å². The quantitative estimate of drug-likeness (QED) is 0.659. The molecule has 1 unspecified atom stereocenters. The van der Waals surface area contributed by atoms with E-state index in [9.17, 15) is 10.1 Å². The van der Waals surface area contributed by atoms with Gasteiger partial charge in [-0.25, -0.2) is 0 Å². The van der Waals surface area contributed by atoms with E-state index in [4.69, 9.17) is 9.47 Å². The van der Waals surface area contributed by atoms with Crippen molar-refractivity contribution in [2.75, 3.05) is 26.3 Å². The van der Waals surface area contributed by atoms with Crippen molar-refractivity contribution in [2.45, 2.75) is 12.7 Å². The molecule has 1 atom stereocenters. The molecule has 0 aromatic heterocycles. The van der Waals surface area contributed by atoms with Crippen molar-refractivity contribution in [3.8, 4) is 0 Å². The predicted molar refractivity (Wildman–Crippen MR) is 73.1 cm³/mol. The Bertz CT molecular complexity index is 449. The number of hydrogen-bond acceptors (Lipinski definition) is 5. The van der Waals surface area contributed by atoms with Crippen LogP contribution in [0, 0.1) is 10.1 Å². The van der Waals surface area contributed by atoms with Gasteiger partial charge >= 0.3 is 0 Å². The minimum Gasteiger partial charge on any atom is -0.374 e. The summed E-state index contributed by atoms with van der Waals surface area (Å²) in [6, 6.07) is 4.92. The lowest BCUT2D eigenvalue weighted by atomic mass is 10.2. The van der Waals surface area contributed by atoms with Crippen molar-refractivity contribution in [3.63, 3.8) is 0 Å². The lowest BCUT2D eigenvalue weighted by Gasteiger charge is -2.23. The van der Waals surface area contributed by atoms with Crippen molar-refractivity contribution in [3.05, 3.63) is 38.3 Å². The van der Waals surface area contributed by atoms with E-state index in [0.29, 0.717) is 24.3 Å². The monoisotopic (exact) mass is 330 g/mol. The van der Waals surface area contributed by atoms with E-state index in [1.807, 2.05) is 0 Å². The van der Waals surface area contributed by atoms with Crippen molar-refractivity contribution in [1.29, 1.82) is 0 Å². The average molecular weight is 331 g/mol. The molecule has 0 spiro atoms. The molecule has 0 radical (unpaired) electrons. The van der Waals surface area contributed by atoms with Crippen LogP contribution in [0.25, 0.3) is 0 Å². The number of rotatable bonds is 5. The highest BCUT2D eigenvalue weighted by molar-refractivity contribution is 9.10. The van der Waals surface area contributed by atoms with E-state index in [0.717, 1.165) is 18.7 Å². The van der Waals surface area contributed by atoms with Gasteiger partial charge in [0.15, 0.2) is 0 Å². The summed E-state index contributed by atoms with van der Waals surface area (Å²) in [6.45, 7) is 3.13. The molecule has 2 rings (SSSR count). The van der Waals surface area contributed by atoms with Gasteiger partial charge in [0.1, 0.15) is 4.47 Å². The maximum absolute atomic E-state index is 10.8. The van der Waals surface area contributed by atoms with Crippen molar-refractivity contribution < 1.29 is 14.4 Å². The van der Waals surface area contributed by atoms with Gasteiger partial charge in [-0.15, -0.1) is 0 Å². The summed E-state index contributed by atoms with van der Waals surface area (Å²) in [5, 5.41) is 14.0. The van der Waals surface area contributed by atoms with Crippen LogP contribution in [0.1, 0.15) is 5.56 Å². The number of benzene rings is 1. The number of nitrogens with zero attached hydrogens (tertiary/aromatic N) is 1. The van der Waals surface area contributed by atoms with E-state index >= 15 is 0 Å². The van der Waals surface area contributed by atoms with Gasteiger partial charge in [-0.05, 0) is 21.5 Å². The highest BCUT2D eigenvalue weighted by Crippen LogP contribution is 2.28. The molecule has 7 heteroatoms. The molecule has 104 valence electrons. The Balaban J connectivity index is 1.88. The maximum Gasteiger partial charge on any atom is 0.283 e. The summed E-state index contributed by atoms with van der Waals surface area (Å²) >= 11 is 3.24. The van der Waals surface area contributed by atoms with Crippen LogP contribution in [0.5, 0.6) is 0 Å². The zero-order chi connectivity index (χ0) is 13.7. The molecule has 0 bridgehead atoms. The van der Waals surface area contributed by atoms with E-state index in [1.165, 1.54) is 6.07 Å². The molecule has 1 aromatic carbocycles. The van der Waals surface area contributed by atoms with E-state index in [-0.39, 0.29) is 11.8 Å². The van der Waals surface area contributed by atoms with Crippen molar-refractivity contribution >= 4 is 21.6 Å². The first-order valence-electron chi connectivity index (χ1n) is 6.00. The van der Waals surface area contributed by atoms with Gasteiger partial charge in [0.05, 0.1) is 30.8 Å². The van der Waals surface area contributed by atoms with Gasteiger partial charge in [-0.3, -0.25) is 10.1 Å². The largest absolute Gasteiger partial charge is 0.374 e. The van der Waals surface area contributed by atoms with Gasteiger partial charge < -0.3 is 14.8 Å². The third-order valence-electron chi connectivity index (χ3n) is 2.82. The van der Waals surface area contributed by atoms with Crippen LogP contribution in [-0.2, 0) is 16.1 Å². The molecular formula is C12H15BrN2O4. The zero-order valence-corrected chi connectivity index (χ0v) is 11.9. The van der Waals surface area contributed by atoms with Crippen LogP contribution in [-0.4, -0.2) is 37.3 Å². The number of morpholine rings is 1. The second-order valence-corrected chi connectivity index (χ2v) is 5.01. The second kappa shape index (κ2) is 6.95. The summed E-state index contributed by atoms with van der Waals surface area (Å²) in [5.41, 5.74) is 0.814. The van der Waals surface area contributed by atoms with E-state index in [1.54, 1.807) is 12.1 Å². The SMILES string of the molecule is O=[N+]([O-])c1cccc(COCC2CNCCO2)c1Br. The Hall–Kier alpha value is -1.02. The molecule has 1 N–H and O–H groups in total. The van der Waals surface area contributed by atoms with Gasteiger partial charge in [0, 0.05) is 19.2 Å². The third-order valence-corrected chi connectivity index (χ3v) is 3.74. The van der Waals surface area contributed by atoms with E-state index < -0.39 is 4.92 Å². The normalized spacial score (nSPS) is 19.3. The number of nitro benzene ring substituents is 1. The summed E-state index contributed by atoms with van der Waals surface area (Å²) in [5.74, 6) is 0. The molecule has 0 amide bonds. The number of halogens is 1. The average Bonchev–Trinajstić information content (AvgIpc) is 2.41. The first kappa shape index (κ1) is 14.4.